The van der Waals surface area contributed by atoms with E-state index >= 15 is 0 Å². The fraction of sp³-hybridized carbons (Fsp3) is 0.259. The molecule has 194 valence electrons. The number of amides is 4. The standard InChI is InChI=1S/C12H11N3O3.C9H9NO2.C6H11N/c1-6-3-4-8-7(13-6)5-9(18-8)12(2)10(16)14-11(17)15-12;1-12-7-3-2-6-5-10-9(11)8(6)4-7;1-6(2)4-3-5-7/h3-5H,1-2H3,(H2,14,15,16,17);2-4H,5H2,1H3,(H,10,11);3-5H,7H2,1-2H3/b;;5-3-/t12-;;/m0../s1. The van der Waals surface area contributed by atoms with Crippen molar-refractivity contribution in [2.75, 3.05) is 7.11 Å². The number of imide groups is 1. The largest absolute Gasteiger partial charge is 0.497 e. The predicted octanol–water partition coefficient (Wildman–Crippen LogP) is 3.55. The Kier molecular flexibility index (Phi) is 8.33. The summed E-state index contributed by atoms with van der Waals surface area (Å²) in [6.07, 6.45) is 5.29. The number of nitrogens with two attached hydrogens (primary N) is 1. The fourth-order valence-electron chi connectivity index (χ4n) is 3.56. The summed E-state index contributed by atoms with van der Waals surface area (Å²) >= 11 is 0. The number of methoxy groups -OCH3 is 1. The van der Waals surface area contributed by atoms with Gasteiger partial charge in [0, 0.05) is 23.9 Å². The fourth-order valence-corrected chi connectivity index (χ4v) is 3.56. The highest BCUT2D eigenvalue weighted by molar-refractivity contribution is 6.07. The van der Waals surface area contributed by atoms with E-state index in [0.717, 1.165) is 22.6 Å². The molecule has 0 aliphatic carbocycles. The van der Waals surface area contributed by atoms with Crippen molar-refractivity contribution in [2.24, 2.45) is 5.73 Å². The van der Waals surface area contributed by atoms with Crippen LogP contribution in [0, 0.1) is 6.92 Å². The van der Waals surface area contributed by atoms with Crippen molar-refractivity contribution in [1.82, 2.24) is 20.9 Å². The third kappa shape index (κ3) is 6.35. The van der Waals surface area contributed by atoms with Gasteiger partial charge < -0.3 is 25.5 Å². The van der Waals surface area contributed by atoms with Crippen LogP contribution in [-0.2, 0) is 16.9 Å². The lowest BCUT2D eigenvalue weighted by Crippen LogP contribution is -2.40. The average molecular weight is 506 g/mol. The molecule has 10 heteroatoms. The summed E-state index contributed by atoms with van der Waals surface area (Å²) in [4.78, 5) is 38.5. The van der Waals surface area contributed by atoms with Crippen LogP contribution in [0.25, 0.3) is 11.1 Å². The number of allylic oxidation sites excluding steroid dienone is 3. The van der Waals surface area contributed by atoms with Crippen LogP contribution in [0.15, 0.2) is 64.7 Å². The topological polar surface area (TPSA) is 149 Å². The number of hydrogen-bond acceptors (Lipinski definition) is 7. The molecular formula is C27H31N5O5. The van der Waals surface area contributed by atoms with Gasteiger partial charge in [-0.25, -0.2) is 9.78 Å². The lowest BCUT2D eigenvalue weighted by Gasteiger charge is -2.16. The molecule has 1 fully saturated rings. The van der Waals surface area contributed by atoms with E-state index in [-0.39, 0.29) is 5.91 Å². The molecule has 0 radical (unpaired) electrons. The van der Waals surface area contributed by atoms with Gasteiger partial charge in [-0.15, -0.1) is 0 Å². The Bertz CT molecular complexity index is 1390. The van der Waals surface area contributed by atoms with Gasteiger partial charge in [-0.05, 0) is 69.8 Å². The Morgan fingerprint density at radius 2 is 1.92 bits per heavy atom. The number of fused-ring (bicyclic) bond motifs is 2. The van der Waals surface area contributed by atoms with E-state index < -0.39 is 17.5 Å². The Labute approximate surface area is 215 Å². The van der Waals surface area contributed by atoms with Crippen LogP contribution >= 0.6 is 0 Å². The van der Waals surface area contributed by atoms with Gasteiger partial charge >= 0.3 is 6.03 Å². The minimum Gasteiger partial charge on any atom is -0.497 e. The Morgan fingerprint density at radius 3 is 2.51 bits per heavy atom. The summed E-state index contributed by atoms with van der Waals surface area (Å²) < 4.78 is 10.6. The minimum atomic E-state index is -1.17. The van der Waals surface area contributed by atoms with Gasteiger partial charge in [0.2, 0.25) is 0 Å². The maximum atomic E-state index is 11.8. The molecule has 37 heavy (non-hydrogen) atoms. The highest BCUT2D eigenvalue weighted by atomic mass is 16.5. The molecule has 1 saturated heterocycles. The number of aryl methyl sites for hydroxylation is 1. The van der Waals surface area contributed by atoms with Crippen molar-refractivity contribution >= 4 is 28.9 Å². The van der Waals surface area contributed by atoms with Crippen molar-refractivity contribution in [3.8, 4) is 5.75 Å². The summed E-state index contributed by atoms with van der Waals surface area (Å²) in [7, 11) is 1.59. The Hall–Kier alpha value is -4.60. The molecule has 0 unspecified atom stereocenters. The zero-order chi connectivity index (χ0) is 27.2. The normalized spacial score (nSPS) is 17.6. The minimum absolute atomic E-state index is 0.0103. The summed E-state index contributed by atoms with van der Waals surface area (Å²) in [5.74, 6) is 0.664. The first kappa shape index (κ1) is 27.0. The van der Waals surface area contributed by atoms with Crippen LogP contribution < -0.4 is 26.4 Å². The van der Waals surface area contributed by atoms with Gasteiger partial charge in [0.15, 0.2) is 11.1 Å². The number of nitrogens with one attached hydrogen (secondary N) is 3. The van der Waals surface area contributed by atoms with E-state index in [1.165, 1.54) is 11.8 Å². The van der Waals surface area contributed by atoms with Gasteiger partial charge in [0.05, 0.1) is 7.11 Å². The van der Waals surface area contributed by atoms with Crippen molar-refractivity contribution in [2.45, 2.75) is 39.8 Å². The van der Waals surface area contributed by atoms with Crippen LogP contribution in [0.3, 0.4) is 0 Å². The third-order valence-electron chi connectivity index (χ3n) is 5.59. The third-order valence-corrected chi connectivity index (χ3v) is 5.59. The van der Waals surface area contributed by atoms with Crippen LogP contribution in [-0.4, -0.2) is 29.9 Å². The number of carbonyl (C=O) groups is 3. The number of hydrogen-bond donors (Lipinski definition) is 4. The van der Waals surface area contributed by atoms with Gasteiger partial charge in [-0.3, -0.25) is 14.9 Å². The number of carbonyl (C=O) groups excluding carboxylic acids is 3. The number of pyridine rings is 1. The van der Waals surface area contributed by atoms with E-state index in [2.05, 4.69) is 20.9 Å². The van der Waals surface area contributed by atoms with Gasteiger partial charge in [0.1, 0.15) is 17.0 Å². The van der Waals surface area contributed by atoms with Crippen molar-refractivity contribution in [1.29, 1.82) is 0 Å². The summed E-state index contributed by atoms with van der Waals surface area (Å²) in [6, 6.07) is 10.3. The monoisotopic (exact) mass is 505 g/mol. The van der Waals surface area contributed by atoms with Crippen molar-refractivity contribution < 1.29 is 23.5 Å². The first-order valence-corrected chi connectivity index (χ1v) is 11.6. The molecular weight excluding hydrogens is 474 g/mol. The van der Waals surface area contributed by atoms with E-state index in [4.69, 9.17) is 14.9 Å². The van der Waals surface area contributed by atoms with Gasteiger partial charge in [-0.1, -0.05) is 17.7 Å². The number of benzene rings is 1. The number of furan rings is 1. The Morgan fingerprint density at radius 1 is 1.16 bits per heavy atom. The molecule has 2 aromatic heterocycles. The number of aromatic nitrogens is 1. The lowest BCUT2D eigenvalue weighted by molar-refractivity contribution is -0.124. The molecule has 2 aliphatic rings. The second-order valence-corrected chi connectivity index (χ2v) is 8.81. The summed E-state index contributed by atoms with van der Waals surface area (Å²) in [6.45, 7) is 8.16. The quantitative estimate of drug-likeness (QED) is 0.314. The van der Waals surface area contributed by atoms with Gasteiger partial charge in [-0.2, -0.15) is 0 Å². The van der Waals surface area contributed by atoms with E-state index in [0.29, 0.717) is 23.4 Å². The molecule has 1 aromatic carbocycles. The second kappa shape index (κ2) is 11.4. The molecule has 0 bridgehead atoms. The first-order valence-electron chi connectivity index (χ1n) is 11.6. The zero-order valence-electron chi connectivity index (χ0n) is 21.5. The Balaban J connectivity index is 0.000000173. The molecule has 4 amide bonds. The molecule has 5 rings (SSSR count). The SMILES string of the molecule is CC(C)=C/C=C\N.COc1ccc2c(c1)C(=O)NC2.Cc1ccc2oc([C@]3(C)NC(=O)NC3=O)cc2n1. The molecule has 5 N–H and O–H groups in total. The van der Waals surface area contributed by atoms with Crippen LogP contribution in [0.1, 0.15) is 48.1 Å². The lowest BCUT2D eigenvalue weighted by atomic mass is 10.00. The predicted molar refractivity (Wildman–Crippen MR) is 140 cm³/mol. The highest BCUT2D eigenvalue weighted by Gasteiger charge is 2.46. The molecule has 4 heterocycles. The number of nitrogens with zero attached hydrogens (tertiary/aromatic N) is 1. The molecule has 2 aliphatic heterocycles. The van der Waals surface area contributed by atoms with Crippen LogP contribution in [0.5, 0.6) is 5.75 Å². The van der Waals surface area contributed by atoms with E-state index in [1.807, 2.05) is 51.1 Å². The molecule has 3 aromatic rings. The van der Waals surface area contributed by atoms with E-state index in [1.54, 1.807) is 32.2 Å². The van der Waals surface area contributed by atoms with Crippen LogP contribution in [0.2, 0.25) is 0 Å². The number of rotatable bonds is 3. The maximum absolute atomic E-state index is 11.8. The zero-order valence-corrected chi connectivity index (χ0v) is 21.5. The highest BCUT2D eigenvalue weighted by Crippen LogP contribution is 2.29. The molecule has 0 saturated carbocycles. The summed E-state index contributed by atoms with van der Waals surface area (Å²) in [5.41, 5.74) is 9.03. The molecule has 1 atom stereocenters. The van der Waals surface area contributed by atoms with Crippen molar-refractivity contribution in [3.63, 3.8) is 0 Å². The average Bonchev–Trinajstić information content (AvgIpc) is 3.53. The summed E-state index contributed by atoms with van der Waals surface area (Å²) in [5, 5.41) is 7.48. The smallest absolute Gasteiger partial charge is 0.322 e. The van der Waals surface area contributed by atoms with Crippen molar-refractivity contribution in [3.05, 3.63) is 82.9 Å². The first-order chi connectivity index (χ1) is 17.6. The van der Waals surface area contributed by atoms with Crippen LogP contribution in [0.4, 0.5) is 4.79 Å². The second-order valence-electron chi connectivity index (χ2n) is 8.81. The van der Waals surface area contributed by atoms with E-state index in [9.17, 15) is 14.4 Å². The number of urea groups is 1. The number of ether oxygens (including phenoxy) is 1. The maximum Gasteiger partial charge on any atom is 0.322 e. The molecule has 0 spiro atoms. The molecule has 10 nitrogen and oxygen atoms in total. The van der Waals surface area contributed by atoms with Gasteiger partial charge in [0.25, 0.3) is 11.8 Å².